The second-order valence-electron chi connectivity index (χ2n) is 14.7. The van der Waals surface area contributed by atoms with Gasteiger partial charge in [0.15, 0.2) is 0 Å². The molecule has 276 valence electrons. The van der Waals surface area contributed by atoms with Crippen molar-refractivity contribution in [3.05, 3.63) is 60.8 Å². The number of hydrogen-bond donors (Lipinski definition) is 1. The van der Waals surface area contributed by atoms with Crippen molar-refractivity contribution >= 4 is 5.91 Å². The highest BCUT2D eigenvalue weighted by Gasteiger charge is 2.31. The molecular weight excluding hydrogens is 585 g/mol. The molecule has 3 heteroatoms. The molecule has 3 atom stereocenters. The van der Waals surface area contributed by atoms with Crippen LogP contribution in [0.5, 0.6) is 0 Å². The van der Waals surface area contributed by atoms with Gasteiger partial charge in [-0.25, -0.2) is 0 Å². The quantitative estimate of drug-likeness (QED) is 0.0573. The zero-order chi connectivity index (χ0) is 34.8. The Hall–Kier alpha value is -1.87. The molecule has 0 heterocycles. The van der Waals surface area contributed by atoms with Crippen LogP contribution >= 0.6 is 0 Å². The molecule has 1 rings (SSSR count). The lowest BCUT2D eigenvalue weighted by molar-refractivity contribution is -0.125. The molecule has 0 bridgehead atoms. The summed E-state index contributed by atoms with van der Waals surface area (Å²) in [6.45, 7) is 4.44. The largest absolute Gasteiger partial charge is 0.353 e. The van der Waals surface area contributed by atoms with Crippen LogP contribution in [-0.4, -0.2) is 37.0 Å². The summed E-state index contributed by atoms with van der Waals surface area (Å²) >= 11 is 0. The zero-order valence-electron chi connectivity index (χ0n) is 32.5. The number of nitrogens with one attached hydrogen (secondary N) is 1. The highest BCUT2D eigenvalue weighted by Crippen LogP contribution is 2.29. The average Bonchev–Trinajstić information content (AvgIpc) is 3.59. The van der Waals surface area contributed by atoms with Crippen molar-refractivity contribution in [3.63, 3.8) is 0 Å². The topological polar surface area (TPSA) is 32.3 Å². The summed E-state index contributed by atoms with van der Waals surface area (Å²) in [5.41, 5.74) is 0. The second-order valence-corrected chi connectivity index (χ2v) is 14.7. The molecule has 0 aromatic carbocycles. The fraction of sp³-hybridized carbons (Fsp3) is 0.756. The van der Waals surface area contributed by atoms with Gasteiger partial charge < -0.3 is 10.2 Å². The monoisotopic (exact) mass is 665 g/mol. The van der Waals surface area contributed by atoms with Crippen molar-refractivity contribution in [1.29, 1.82) is 0 Å². The molecule has 1 aliphatic carbocycles. The van der Waals surface area contributed by atoms with Gasteiger partial charge >= 0.3 is 0 Å². The molecule has 0 aliphatic heterocycles. The first-order valence-corrected chi connectivity index (χ1v) is 20.8. The van der Waals surface area contributed by atoms with Crippen molar-refractivity contribution in [3.8, 4) is 0 Å². The molecule has 0 aromatic heterocycles. The number of carbonyl (C=O) groups is 1. The van der Waals surface area contributed by atoms with Crippen LogP contribution in [0.25, 0.3) is 0 Å². The van der Waals surface area contributed by atoms with Crippen molar-refractivity contribution in [2.45, 2.75) is 199 Å². The van der Waals surface area contributed by atoms with E-state index < -0.39 is 0 Å². The summed E-state index contributed by atoms with van der Waals surface area (Å²) < 4.78 is 0. The van der Waals surface area contributed by atoms with Crippen molar-refractivity contribution in [2.75, 3.05) is 14.1 Å². The number of nitrogens with zero attached hydrogens (tertiary/aromatic N) is 1. The van der Waals surface area contributed by atoms with Crippen molar-refractivity contribution < 1.29 is 4.79 Å². The van der Waals surface area contributed by atoms with E-state index in [1.54, 1.807) is 0 Å². The predicted molar refractivity (Wildman–Crippen MR) is 215 cm³/mol. The van der Waals surface area contributed by atoms with Gasteiger partial charge in [-0.05, 0) is 110 Å². The van der Waals surface area contributed by atoms with Gasteiger partial charge in [0, 0.05) is 18.0 Å². The Morgan fingerprint density at radius 3 is 1.48 bits per heavy atom. The molecule has 3 nitrogen and oxygen atoms in total. The molecule has 0 aromatic rings. The van der Waals surface area contributed by atoms with Gasteiger partial charge in [-0.15, -0.1) is 0 Å². The molecule has 1 saturated carbocycles. The Balaban J connectivity index is 2.21. The maximum atomic E-state index is 13.2. The minimum absolute atomic E-state index is 0.212. The smallest absolute Gasteiger partial charge is 0.223 e. The molecular formula is C45H80N2O. The summed E-state index contributed by atoms with van der Waals surface area (Å²) in [7, 11) is 4.31. The van der Waals surface area contributed by atoms with Crippen LogP contribution in [0.2, 0.25) is 0 Å². The van der Waals surface area contributed by atoms with E-state index in [4.69, 9.17) is 0 Å². The Kier molecular flexibility index (Phi) is 30.9. The van der Waals surface area contributed by atoms with E-state index in [0.29, 0.717) is 18.0 Å². The highest BCUT2D eigenvalue weighted by atomic mass is 16.1. The molecule has 48 heavy (non-hydrogen) atoms. The average molecular weight is 665 g/mol. The summed E-state index contributed by atoms with van der Waals surface area (Å²) in [6.07, 6.45) is 56.4. The molecule has 0 radical (unpaired) electrons. The van der Waals surface area contributed by atoms with E-state index in [9.17, 15) is 4.79 Å². The third-order valence-electron chi connectivity index (χ3n) is 10.1. The number of amides is 1. The molecule has 0 spiro atoms. The third kappa shape index (κ3) is 27.0. The molecule has 1 fully saturated rings. The number of rotatable bonds is 32. The first-order chi connectivity index (χ1) is 23.6. The van der Waals surface area contributed by atoms with E-state index in [1.165, 1.54) is 116 Å². The van der Waals surface area contributed by atoms with E-state index in [2.05, 4.69) is 98.9 Å². The van der Waals surface area contributed by atoms with Crippen LogP contribution < -0.4 is 5.32 Å². The molecule has 1 amide bonds. The summed E-state index contributed by atoms with van der Waals surface area (Å²) in [6, 6.07) is 0.931. The van der Waals surface area contributed by atoms with Crippen molar-refractivity contribution in [2.24, 2.45) is 5.92 Å². The van der Waals surface area contributed by atoms with E-state index >= 15 is 0 Å². The minimum Gasteiger partial charge on any atom is -0.353 e. The lowest BCUT2D eigenvalue weighted by atomic mass is 9.98. The van der Waals surface area contributed by atoms with E-state index in [0.717, 1.165) is 57.8 Å². The van der Waals surface area contributed by atoms with Crippen LogP contribution in [0.3, 0.4) is 0 Å². The third-order valence-corrected chi connectivity index (χ3v) is 10.1. The second kappa shape index (κ2) is 33.6. The molecule has 1 aliphatic rings. The number of hydrogen-bond acceptors (Lipinski definition) is 2. The Bertz CT molecular complexity index is 866. The van der Waals surface area contributed by atoms with Gasteiger partial charge in [0.1, 0.15) is 0 Å². The molecule has 1 N–H and O–H groups in total. The van der Waals surface area contributed by atoms with Crippen LogP contribution in [-0.2, 0) is 4.79 Å². The van der Waals surface area contributed by atoms with Gasteiger partial charge in [-0.3, -0.25) is 4.79 Å². The maximum absolute atomic E-state index is 13.2. The van der Waals surface area contributed by atoms with Crippen LogP contribution in [0.15, 0.2) is 60.8 Å². The van der Waals surface area contributed by atoms with Gasteiger partial charge in [-0.2, -0.15) is 0 Å². The number of carbonyl (C=O) groups excluding carboxylic acids is 1. The summed E-state index contributed by atoms with van der Waals surface area (Å²) in [5.74, 6) is 0.546. The normalized spacial score (nSPS) is 17.9. The number of unbranched alkanes of at least 4 members (excludes halogenated alkanes) is 15. The standard InChI is InChI=1S/C45H80N2O/c1-5-7-9-11-13-15-17-19-21-23-25-27-29-31-33-35-37-43(46-45(48)42-39-40-44(41-42)47(3)4)38-36-34-32-30-28-26-24-22-20-18-16-14-12-10-8-6-2/h7,9,13-16,19-22,42-44H,5-6,8,10-12,17-18,23-41H2,1-4H3,(H,46,48)/b9-7-,15-13-,16-14-,21-19-,22-20-. The van der Waals surface area contributed by atoms with E-state index in [-0.39, 0.29) is 5.92 Å². The first-order valence-electron chi connectivity index (χ1n) is 20.8. The summed E-state index contributed by atoms with van der Waals surface area (Å²) in [5, 5.41) is 3.54. The van der Waals surface area contributed by atoms with E-state index in [1.807, 2.05) is 0 Å². The van der Waals surface area contributed by atoms with Crippen LogP contribution in [0, 0.1) is 5.92 Å². The van der Waals surface area contributed by atoms with Gasteiger partial charge in [0.05, 0.1) is 0 Å². The van der Waals surface area contributed by atoms with Gasteiger partial charge in [0.25, 0.3) is 0 Å². The molecule has 0 saturated heterocycles. The lowest BCUT2D eigenvalue weighted by Crippen LogP contribution is -2.39. The minimum atomic E-state index is 0.212. The zero-order valence-corrected chi connectivity index (χ0v) is 32.5. The van der Waals surface area contributed by atoms with Gasteiger partial charge in [0.2, 0.25) is 5.91 Å². The summed E-state index contributed by atoms with van der Waals surface area (Å²) in [4.78, 5) is 15.5. The fourth-order valence-corrected chi connectivity index (χ4v) is 6.84. The Morgan fingerprint density at radius 1 is 0.583 bits per heavy atom. The lowest BCUT2D eigenvalue weighted by Gasteiger charge is -2.22. The van der Waals surface area contributed by atoms with Gasteiger partial charge in [-0.1, -0.05) is 152 Å². The first kappa shape index (κ1) is 44.2. The number of allylic oxidation sites excluding steroid dienone is 10. The highest BCUT2D eigenvalue weighted by molar-refractivity contribution is 5.79. The Labute approximate surface area is 300 Å². The van der Waals surface area contributed by atoms with Crippen LogP contribution in [0.4, 0.5) is 0 Å². The maximum Gasteiger partial charge on any atom is 0.223 e. The van der Waals surface area contributed by atoms with Crippen LogP contribution in [0.1, 0.15) is 187 Å². The van der Waals surface area contributed by atoms with Crippen molar-refractivity contribution in [1.82, 2.24) is 10.2 Å². The fourth-order valence-electron chi connectivity index (χ4n) is 6.84. The SMILES string of the molecule is CC/C=C\C/C=C\C/C=C\CCCCCCCCC(CCCCCCCC/C=C\C/C=C\CCCCC)NC(=O)C1CCC(N(C)C)C1. The Morgan fingerprint density at radius 2 is 1.02 bits per heavy atom. The molecule has 3 unspecified atom stereocenters. The predicted octanol–water partition coefficient (Wildman–Crippen LogP) is 13.4.